The van der Waals surface area contributed by atoms with E-state index in [4.69, 9.17) is 0 Å². The van der Waals surface area contributed by atoms with Crippen LogP contribution in [0.15, 0.2) is 54.6 Å². The first-order valence-electron chi connectivity index (χ1n) is 7.55. The standard InChI is InChI=1S/C19H25N/c1-4-20-19(17-11-6-5-7-12-17)16(3)14-18-13-9-8-10-15(18)2/h5-13,16,19-20H,4,14H2,1-3H3. The predicted molar refractivity (Wildman–Crippen MR) is 86.9 cm³/mol. The van der Waals surface area contributed by atoms with Crippen molar-refractivity contribution in [2.45, 2.75) is 33.2 Å². The highest BCUT2D eigenvalue weighted by molar-refractivity contribution is 5.27. The molecule has 0 saturated heterocycles. The minimum absolute atomic E-state index is 0.417. The largest absolute Gasteiger partial charge is 0.310 e. The molecule has 0 saturated carbocycles. The SMILES string of the molecule is CCNC(c1ccccc1)C(C)Cc1ccccc1C. The maximum atomic E-state index is 3.64. The van der Waals surface area contributed by atoms with Crippen LogP contribution in [0.5, 0.6) is 0 Å². The van der Waals surface area contributed by atoms with Crippen LogP contribution >= 0.6 is 0 Å². The van der Waals surface area contributed by atoms with E-state index in [0.29, 0.717) is 12.0 Å². The van der Waals surface area contributed by atoms with Crippen LogP contribution in [0.3, 0.4) is 0 Å². The Hall–Kier alpha value is -1.60. The van der Waals surface area contributed by atoms with E-state index in [1.165, 1.54) is 16.7 Å². The molecule has 0 heterocycles. The highest BCUT2D eigenvalue weighted by Gasteiger charge is 2.18. The average molecular weight is 267 g/mol. The van der Waals surface area contributed by atoms with Crippen LogP contribution < -0.4 is 5.32 Å². The average Bonchev–Trinajstić information content (AvgIpc) is 2.48. The van der Waals surface area contributed by atoms with Crippen molar-refractivity contribution in [3.63, 3.8) is 0 Å². The van der Waals surface area contributed by atoms with E-state index in [2.05, 4.69) is 80.7 Å². The van der Waals surface area contributed by atoms with Crippen LogP contribution in [0.25, 0.3) is 0 Å². The van der Waals surface area contributed by atoms with Crippen molar-refractivity contribution in [1.29, 1.82) is 0 Å². The number of nitrogens with one attached hydrogen (secondary N) is 1. The molecule has 106 valence electrons. The highest BCUT2D eigenvalue weighted by Crippen LogP contribution is 2.26. The van der Waals surface area contributed by atoms with Crippen LogP contribution in [0.4, 0.5) is 0 Å². The fourth-order valence-electron chi connectivity index (χ4n) is 2.83. The van der Waals surface area contributed by atoms with Gasteiger partial charge in [0.25, 0.3) is 0 Å². The normalized spacial score (nSPS) is 13.9. The maximum Gasteiger partial charge on any atom is 0.0349 e. The van der Waals surface area contributed by atoms with Crippen molar-refractivity contribution in [1.82, 2.24) is 5.32 Å². The molecule has 1 nitrogen and oxygen atoms in total. The molecular weight excluding hydrogens is 242 g/mol. The summed E-state index contributed by atoms with van der Waals surface area (Å²) < 4.78 is 0. The van der Waals surface area contributed by atoms with Gasteiger partial charge in [-0.15, -0.1) is 0 Å². The molecule has 2 aromatic carbocycles. The quantitative estimate of drug-likeness (QED) is 0.811. The minimum atomic E-state index is 0.417. The Morgan fingerprint density at radius 3 is 2.25 bits per heavy atom. The van der Waals surface area contributed by atoms with Crippen molar-refractivity contribution in [2.75, 3.05) is 6.54 Å². The van der Waals surface area contributed by atoms with Crippen LogP contribution in [-0.4, -0.2) is 6.54 Å². The number of rotatable bonds is 6. The first kappa shape index (κ1) is 14.8. The van der Waals surface area contributed by atoms with Gasteiger partial charge >= 0.3 is 0 Å². The summed E-state index contributed by atoms with van der Waals surface area (Å²) in [7, 11) is 0. The van der Waals surface area contributed by atoms with Gasteiger partial charge in [-0.1, -0.05) is 68.4 Å². The van der Waals surface area contributed by atoms with Gasteiger partial charge < -0.3 is 5.32 Å². The monoisotopic (exact) mass is 267 g/mol. The van der Waals surface area contributed by atoms with E-state index in [1.807, 2.05) is 0 Å². The summed E-state index contributed by atoms with van der Waals surface area (Å²) in [6.45, 7) is 7.72. The molecule has 0 fully saturated rings. The molecular formula is C19H25N. The van der Waals surface area contributed by atoms with E-state index >= 15 is 0 Å². The zero-order valence-corrected chi connectivity index (χ0v) is 12.8. The molecule has 2 rings (SSSR count). The molecule has 0 spiro atoms. The Bertz CT molecular complexity index is 518. The Morgan fingerprint density at radius 1 is 0.950 bits per heavy atom. The van der Waals surface area contributed by atoms with E-state index in [0.717, 1.165) is 13.0 Å². The van der Waals surface area contributed by atoms with Crippen LogP contribution in [0.1, 0.15) is 36.6 Å². The molecule has 1 N–H and O–H groups in total. The van der Waals surface area contributed by atoms with Gasteiger partial charge in [0.15, 0.2) is 0 Å². The Balaban J connectivity index is 2.16. The second-order valence-electron chi connectivity index (χ2n) is 5.55. The van der Waals surface area contributed by atoms with Gasteiger partial charge in [-0.2, -0.15) is 0 Å². The summed E-state index contributed by atoms with van der Waals surface area (Å²) in [5, 5.41) is 3.64. The molecule has 20 heavy (non-hydrogen) atoms. The molecule has 0 aromatic heterocycles. The summed E-state index contributed by atoms with van der Waals surface area (Å²) in [5.41, 5.74) is 4.23. The van der Waals surface area contributed by atoms with Crippen molar-refractivity contribution < 1.29 is 0 Å². The molecule has 0 aliphatic carbocycles. The lowest BCUT2D eigenvalue weighted by Gasteiger charge is -2.26. The van der Waals surface area contributed by atoms with Crippen LogP contribution in [0.2, 0.25) is 0 Å². The first-order valence-corrected chi connectivity index (χ1v) is 7.55. The third kappa shape index (κ3) is 3.71. The van der Waals surface area contributed by atoms with Crippen LogP contribution in [0, 0.1) is 12.8 Å². The maximum absolute atomic E-state index is 3.64. The molecule has 2 atom stereocenters. The van der Waals surface area contributed by atoms with Gasteiger partial charge in [0.05, 0.1) is 0 Å². The Kier molecular flexibility index (Phi) is 5.37. The number of aryl methyl sites for hydroxylation is 1. The third-order valence-electron chi connectivity index (χ3n) is 3.95. The fraction of sp³-hybridized carbons (Fsp3) is 0.368. The Labute approximate surface area is 123 Å². The summed E-state index contributed by atoms with van der Waals surface area (Å²) in [6, 6.07) is 19.9. The topological polar surface area (TPSA) is 12.0 Å². The lowest BCUT2D eigenvalue weighted by Crippen LogP contribution is -2.28. The molecule has 0 aliphatic heterocycles. The lowest BCUT2D eigenvalue weighted by atomic mass is 9.88. The van der Waals surface area contributed by atoms with Crippen molar-refractivity contribution in [2.24, 2.45) is 5.92 Å². The highest BCUT2D eigenvalue weighted by atomic mass is 14.9. The number of hydrogen-bond donors (Lipinski definition) is 1. The summed E-state index contributed by atoms with van der Waals surface area (Å²) in [5.74, 6) is 0.568. The second-order valence-corrected chi connectivity index (χ2v) is 5.55. The number of hydrogen-bond acceptors (Lipinski definition) is 1. The van der Waals surface area contributed by atoms with Crippen molar-refractivity contribution in [3.8, 4) is 0 Å². The van der Waals surface area contributed by atoms with Gasteiger partial charge in [0, 0.05) is 6.04 Å². The Morgan fingerprint density at radius 2 is 1.60 bits per heavy atom. The van der Waals surface area contributed by atoms with E-state index in [-0.39, 0.29) is 0 Å². The second kappa shape index (κ2) is 7.25. The van der Waals surface area contributed by atoms with Gasteiger partial charge in [-0.05, 0) is 42.5 Å². The van der Waals surface area contributed by atoms with E-state index in [1.54, 1.807) is 0 Å². The van der Waals surface area contributed by atoms with Crippen molar-refractivity contribution in [3.05, 3.63) is 71.3 Å². The number of benzene rings is 2. The van der Waals surface area contributed by atoms with E-state index in [9.17, 15) is 0 Å². The molecule has 2 aromatic rings. The molecule has 0 amide bonds. The summed E-state index contributed by atoms with van der Waals surface area (Å²) in [6.07, 6.45) is 1.11. The summed E-state index contributed by atoms with van der Waals surface area (Å²) in [4.78, 5) is 0. The zero-order valence-electron chi connectivity index (χ0n) is 12.8. The molecule has 0 radical (unpaired) electrons. The predicted octanol–water partition coefficient (Wildman–Crippen LogP) is 4.52. The van der Waals surface area contributed by atoms with Crippen LogP contribution in [-0.2, 0) is 6.42 Å². The molecule has 1 heteroatoms. The smallest absolute Gasteiger partial charge is 0.0349 e. The third-order valence-corrected chi connectivity index (χ3v) is 3.95. The first-order chi connectivity index (χ1) is 9.72. The van der Waals surface area contributed by atoms with E-state index < -0.39 is 0 Å². The van der Waals surface area contributed by atoms with Gasteiger partial charge in [0.1, 0.15) is 0 Å². The minimum Gasteiger partial charge on any atom is -0.310 e. The molecule has 0 bridgehead atoms. The molecule has 0 aliphatic rings. The zero-order chi connectivity index (χ0) is 14.4. The molecule has 2 unspecified atom stereocenters. The lowest BCUT2D eigenvalue weighted by molar-refractivity contribution is 0.391. The van der Waals surface area contributed by atoms with Gasteiger partial charge in [-0.3, -0.25) is 0 Å². The van der Waals surface area contributed by atoms with Gasteiger partial charge in [-0.25, -0.2) is 0 Å². The summed E-state index contributed by atoms with van der Waals surface area (Å²) >= 11 is 0. The van der Waals surface area contributed by atoms with Crippen molar-refractivity contribution >= 4 is 0 Å². The fourth-order valence-corrected chi connectivity index (χ4v) is 2.83. The van der Waals surface area contributed by atoms with Gasteiger partial charge in [0.2, 0.25) is 0 Å².